The fourth-order valence-corrected chi connectivity index (χ4v) is 3.17. The van der Waals surface area contributed by atoms with Crippen LogP contribution >= 0.6 is 15.9 Å². The number of likely N-dealkylation sites (N-methyl/N-ethyl adjacent to an activating group) is 1. The molecule has 2 rings (SSSR count). The standard InChI is InChI=1S/C15H18BrFN2O3/c1-2-19(8-13(20)21)10-6-9(7-10)18-15(22)14-11(16)4-3-5-12(14)17/h3-5,9-10H,2,6-8H2,1H3,(H,18,22)(H,20,21). The molecule has 1 amide bonds. The molecule has 1 aromatic rings. The average molecular weight is 373 g/mol. The van der Waals surface area contributed by atoms with E-state index in [9.17, 15) is 14.0 Å². The molecule has 1 aliphatic rings. The van der Waals surface area contributed by atoms with E-state index in [-0.39, 0.29) is 24.2 Å². The zero-order valence-corrected chi connectivity index (χ0v) is 13.8. The van der Waals surface area contributed by atoms with Crippen molar-refractivity contribution in [2.45, 2.75) is 31.8 Å². The Morgan fingerprint density at radius 3 is 2.68 bits per heavy atom. The van der Waals surface area contributed by atoms with Crippen LogP contribution in [0.15, 0.2) is 22.7 Å². The SMILES string of the molecule is CCN(CC(=O)O)C1CC(NC(=O)c2c(F)cccc2Br)C1. The summed E-state index contributed by atoms with van der Waals surface area (Å²) in [5.74, 6) is -1.87. The Morgan fingerprint density at radius 2 is 2.14 bits per heavy atom. The number of nitrogens with one attached hydrogen (secondary N) is 1. The van der Waals surface area contributed by atoms with Crippen molar-refractivity contribution < 1.29 is 19.1 Å². The molecular formula is C15H18BrFN2O3. The van der Waals surface area contributed by atoms with E-state index in [1.54, 1.807) is 6.07 Å². The Bertz CT molecular complexity index is 556. The van der Waals surface area contributed by atoms with Gasteiger partial charge in [-0.1, -0.05) is 13.0 Å². The minimum absolute atomic E-state index is 0.000689. The molecule has 0 saturated heterocycles. The molecule has 1 aliphatic carbocycles. The normalized spacial score (nSPS) is 20.5. The van der Waals surface area contributed by atoms with Crippen molar-refractivity contribution in [3.63, 3.8) is 0 Å². The monoisotopic (exact) mass is 372 g/mol. The van der Waals surface area contributed by atoms with Crippen molar-refractivity contribution in [3.05, 3.63) is 34.1 Å². The van der Waals surface area contributed by atoms with Gasteiger partial charge in [0.15, 0.2) is 0 Å². The largest absolute Gasteiger partial charge is 0.480 e. The number of carbonyl (C=O) groups is 2. The first-order valence-corrected chi connectivity index (χ1v) is 7.92. The summed E-state index contributed by atoms with van der Waals surface area (Å²) in [5, 5.41) is 11.6. The smallest absolute Gasteiger partial charge is 0.317 e. The molecule has 0 unspecified atom stereocenters. The number of carbonyl (C=O) groups excluding carboxylic acids is 1. The summed E-state index contributed by atoms with van der Waals surface area (Å²) in [6, 6.07) is 4.49. The molecule has 7 heteroatoms. The van der Waals surface area contributed by atoms with Crippen molar-refractivity contribution in [1.82, 2.24) is 10.2 Å². The van der Waals surface area contributed by atoms with Crippen LogP contribution in [0.3, 0.4) is 0 Å². The number of carboxylic acid groups (broad SMARTS) is 1. The Hall–Kier alpha value is -1.47. The minimum atomic E-state index is -0.857. The fraction of sp³-hybridized carbons (Fsp3) is 0.467. The number of rotatable bonds is 6. The second kappa shape index (κ2) is 7.19. The maximum absolute atomic E-state index is 13.7. The summed E-state index contributed by atoms with van der Waals surface area (Å²) in [6.07, 6.45) is 1.36. The maximum Gasteiger partial charge on any atom is 0.317 e. The molecule has 0 bridgehead atoms. The molecule has 120 valence electrons. The Kier molecular flexibility index (Phi) is 5.52. The van der Waals surface area contributed by atoms with Crippen LogP contribution in [-0.2, 0) is 4.79 Å². The minimum Gasteiger partial charge on any atom is -0.480 e. The molecule has 22 heavy (non-hydrogen) atoms. The highest BCUT2D eigenvalue weighted by Crippen LogP contribution is 2.27. The van der Waals surface area contributed by atoms with Gasteiger partial charge >= 0.3 is 5.97 Å². The van der Waals surface area contributed by atoms with Crippen LogP contribution in [0.5, 0.6) is 0 Å². The summed E-state index contributed by atoms with van der Waals surface area (Å²) >= 11 is 3.18. The van der Waals surface area contributed by atoms with E-state index in [1.807, 2.05) is 11.8 Å². The Morgan fingerprint density at radius 1 is 1.45 bits per heavy atom. The third kappa shape index (κ3) is 3.84. The topological polar surface area (TPSA) is 69.6 Å². The molecule has 5 nitrogen and oxygen atoms in total. The summed E-state index contributed by atoms with van der Waals surface area (Å²) in [6.45, 7) is 2.56. The number of halogens is 2. The highest BCUT2D eigenvalue weighted by Gasteiger charge is 2.35. The third-order valence-corrected chi connectivity index (χ3v) is 4.56. The van der Waals surface area contributed by atoms with Gasteiger partial charge in [-0.25, -0.2) is 4.39 Å². The molecule has 0 aliphatic heterocycles. The molecule has 2 N–H and O–H groups in total. The first-order valence-electron chi connectivity index (χ1n) is 7.13. The van der Waals surface area contributed by atoms with Gasteiger partial charge in [0.1, 0.15) is 5.82 Å². The predicted octanol–water partition coefficient (Wildman–Crippen LogP) is 2.26. The number of aliphatic carboxylic acids is 1. The van der Waals surface area contributed by atoms with Crippen LogP contribution in [-0.4, -0.2) is 47.1 Å². The number of amides is 1. The highest BCUT2D eigenvalue weighted by atomic mass is 79.9. The Balaban J connectivity index is 1.90. The van der Waals surface area contributed by atoms with Crippen LogP contribution in [0, 0.1) is 5.82 Å². The van der Waals surface area contributed by atoms with Crippen molar-refractivity contribution in [2.75, 3.05) is 13.1 Å². The molecule has 0 radical (unpaired) electrons. The zero-order chi connectivity index (χ0) is 16.3. The summed E-state index contributed by atoms with van der Waals surface area (Å²) in [4.78, 5) is 24.8. The molecule has 0 atom stereocenters. The number of carboxylic acids is 1. The number of hydrogen-bond acceptors (Lipinski definition) is 3. The van der Waals surface area contributed by atoms with Crippen LogP contribution in [0.2, 0.25) is 0 Å². The van der Waals surface area contributed by atoms with Crippen molar-refractivity contribution in [1.29, 1.82) is 0 Å². The fourth-order valence-electron chi connectivity index (χ4n) is 2.65. The first kappa shape index (κ1) is 16.9. The lowest BCUT2D eigenvalue weighted by Crippen LogP contribution is -2.54. The molecule has 0 aromatic heterocycles. The summed E-state index contributed by atoms with van der Waals surface area (Å²) in [7, 11) is 0. The van der Waals surface area contributed by atoms with Gasteiger partial charge < -0.3 is 10.4 Å². The molecule has 1 saturated carbocycles. The summed E-state index contributed by atoms with van der Waals surface area (Å²) < 4.78 is 14.1. The Labute approximate surface area is 136 Å². The number of hydrogen-bond donors (Lipinski definition) is 2. The number of benzene rings is 1. The van der Waals surface area contributed by atoms with Gasteiger partial charge in [0.2, 0.25) is 0 Å². The van der Waals surface area contributed by atoms with E-state index in [4.69, 9.17) is 5.11 Å². The molecule has 1 aromatic carbocycles. The predicted molar refractivity (Wildman–Crippen MR) is 83.3 cm³/mol. The van der Waals surface area contributed by atoms with E-state index in [0.29, 0.717) is 23.9 Å². The van der Waals surface area contributed by atoms with Crippen LogP contribution in [0.1, 0.15) is 30.1 Å². The van der Waals surface area contributed by atoms with Crippen LogP contribution < -0.4 is 5.32 Å². The van der Waals surface area contributed by atoms with E-state index in [1.165, 1.54) is 12.1 Å². The number of nitrogens with zero attached hydrogens (tertiary/aromatic N) is 1. The van der Waals surface area contributed by atoms with Crippen LogP contribution in [0.4, 0.5) is 4.39 Å². The second-order valence-electron chi connectivity index (χ2n) is 5.35. The van der Waals surface area contributed by atoms with Crippen molar-refractivity contribution >= 4 is 27.8 Å². The lowest BCUT2D eigenvalue weighted by Gasteiger charge is -2.42. The summed E-state index contributed by atoms with van der Waals surface area (Å²) in [5.41, 5.74) is 0.00355. The molecule has 1 fully saturated rings. The lowest BCUT2D eigenvalue weighted by molar-refractivity contribution is -0.139. The average Bonchev–Trinajstić information content (AvgIpc) is 2.39. The van der Waals surface area contributed by atoms with Gasteiger partial charge in [0, 0.05) is 16.6 Å². The molecule has 0 heterocycles. The highest BCUT2D eigenvalue weighted by molar-refractivity contribution is 9.10. The van der Waals surface area contributed by atoms with Gasteiger partial charge in [-0.05, 0) is 47.4 Å². The van der Waals surface area contributed by atoms with Crippen molar-refractivity contribution in [3.8, 4) is 0 Å². The lowest BCUT2D eigenvalue weighted by atomic mass is 9.85. The van der Waals surface area contributed by atoms with Gasteiger partial charge in [-0.3, -0.25) is 14.5 Å². The van der Waals surface area contributed by atoms with Crippen molar-refractivity contribution in [2.24, 2.45) is 0 Å². The third-order valence-electron chi connectivity index (χ3n) is 3.90. The van der Waals surface area contributed by atoms with E-state index in [0.717, 1.165) is 0 Å². The van der Waals surface area contributed by atoms with Gasteiger partial charge in [0.25, 0.3) is 5.91 Å². The van der Waals surface area contributed by atoms with Gasteiger partial charge in [0.05, 0.1) is 12.1 Å². The quantitative estimate of drug-likeness (QED) is 0.803. The van der Waals surface area contributed by atoms with Gasteiger partial charge in [-0.15, -0.1) is 0 Å². The molecular weight excluding hydrogens is 355 g/mol. The zero-order valence-electron chi connectivity index (χ0n) is 12.2. The van der Waals surface area contributed by atoms with Crippen LogP contribution in [0.25, 0.3) is 0 Å². The first-order chi connectivity index (χ1) is 10.4. The van der Waals surface area contributed by atoms with E-state index in [2.05, 4.69) is 21.2 Å². The second-order valence-corrected chi connectivity index (χ2v) is 6.20. The van der Waals surface area contributed by atoms with E-state index >= 15 is 0 Å². The maximum atomic E-state index is 13.7. The van der Waals surface area contributed by atoms with E-state index < -0.39 is 17.7 Å². The van der Waals surface area contributed by atoms with Gasteiger partial charge in [-0.2, -0.15) is 0 Å². The molecule has 0 spiro atoms.